The van der Waals surface area contributed by atoms with Gasteiger partial charge in [-0.25, -0.2) is 0 Å². The lowest BCUT2D eigenvalue weighted by Crippen LogP contribution is -2.03. The Morgan fingerprint density at radius 3 is 2.57 bits per heavy atom. The SMILES string of the molecule is [CH2-][CH+][C@H](C)C[OH+][CH2-]. The van der Waals surface area contributed by atoms with Crippen LogP contribution in [0.4, 0.5) is 0 Å². The van der Waals surface area contributed by atoms with Crippen molar-refractivity contribution < 1.29 is 4.74 Å². The minimum absolute atomic E-state index is 0.484. The average molecular weight is 100 g/mol. The van der Waals surface area contributed by atoms with Crippen molar-refractivity contribution in [2.45, 2.75) is 6.92 Å². The standard InChI is InChI=1S/C6H12O/c1-4-6(2)5-7-3/h4,6-7H,1,3,5H2,2H3/t6-/m0/s1. The topological polar surface area (TPSA) is 12.8 Å². The van der Waals surface area contributed by atoms with Gasteiger partial charge < -0.3 is 4.74 Å². The Labute approximate surface area is 45.7 Å². The molecular weight excluding hydrogens is 88.1 g/mol. The molecule has 1 atom stereocenters. The van der Waals surface area contributed by atoms with Gasteiger partial charge in [0.15, 0.2) is 6.61 Å². The molecule has 0 bridgehead atoms. The number of hydrogen-bond donors (Lipinski definition) is 0. The van der Waals surface area contributed by atoms with Crippen LogP contribution in [0.3, 0.4) is 0 Å². The van der Waals surface area contributed by atoms with Gasteiger partial charge in [0.1, 0.15) is 5.92 Å². The first-order valence-electron chi connectivity index (χ1n) is 2.36. The highest BCUT2D eigenvalue weighted by molar-refractivity contribution is 4.73. The van der Waals surface area contributed by atoms with Crippen molar-refractivity contribution >= 4 is 0 Å². The normalized spacial score (nSPS) is 13.6. The highest BCUT2D eigenvalue weighted by Gasteiger charge is 2.00. The van der Waals surface area contributed by atoms with E-state index in [0.717, 1.165) is 6.61 Å². The van der Waals surface area contributed by atoms with Crippen molar-refractivity contribution in [1.82, 2.24) is 0 Å². The molecule has 1 N–H and O–H groups in total. The second kappa shape index (κ2) is 4.00. The van der Waals surface area contributed by atoms with Crippen LogP contribution in [-0.2, 0) is 0 Å². The lowest BCUT2D eigenvalue weighted by Gasteiger charge is -2.01. The molecule has 0 aromatic heterocycles. The Bertz CT molecular complexity index is 35.2. The molecule has 0 aliphatic rings. The second-order valence-corrected chi connectivity index (χ2v) is 1.62. The molecular formula is C6H12O. The van der Waals surface area contributed by atoms with Crippen molar-refractivity contribution in [2.24, 2.45) is 5.92 Å². The molecule has 1 heteroatoms. The summed E-state index contributed by atoms with van der Waals surface area (Å²) in [7, 11) is 3.35. The van der Waals surface area contributed by atoms with Crippen LogP contribution >= 0.6 is 0 Å². The van der Waals surface area contributed by atoms with Gasteiger partial charge in [-0.2, -0.15) is 0 Å². The zero-order valence-electron chi connectivity index (χ0n) is 4.72. The lowest BCUT2D eigenvalue weighted by molar-refractivity contribution is 0.0378. The van der Waals surface area contributed by atoms with E-state index in [1.165, 1.54) is 0 Å². The highest BCUT2D eigenvalue weighted by atomic mass is 16.5. The first-order chi connectivity index (χ1) is 3.31. The van der Waals surface area contributed by atoms with Gasteiger partial charge in [0.25, 0.3) is 0 Å². The summed E-state index contributed by atoms with van der Waals surface area (Å²) in [6.45, 7) is 6.44. The lowest BCUT2D eigenvalue weighted by atomic mass is 10.1. The molecule has 0 rings (SSSR count). The van der Waals surface area contributed by atoms with Crippen LogP contribution in [0.25, 0.3) is 0 Å². The molecule has 0 radical (unpaired) electrons. The summed E-state index contributed by atoms with van der Waals surface area (Å²) in [5.74, 6) is 0.484. The third-order valence-corrected chi connectivity index (χ3v) is 0.819. The van der Waals surface area contributed by atoms with Crippen LogP contribution in [0, 0.1) is 26.4 Å². The predicted octanol–water partition coefficient (Wildman–Crippen LogP) is 0.980. The number of aliphatic hydroxyl groups is 2. The van der Waals surface area contributed by atoms with E-state index in [4.69, 9.17) is 0 Å². The Balaban J connectivity index is 2.83. The van der Waals surface area contributed by atoms with Crippen molar-refractivity contribution in [2.75, 3.05) is 6.61 Å². The molecule has 0 spiro atoms. The molecule has 0 saturated carbocycles. The van der Waals surface area contributed by atoms with Crippen LogP contribution in [0.1, 0.15) is 6.92 Å². The van der Waals surface area contributed by atoms with Crippen LogP contribution in [0.15, 0.2) is 0 Å². The van der Waals surface area contributed by atoms with Gasteiger partial charge in [0.05, 0.1) is 0 Å². The summed E-state index contributed by atoms with van der Waals surface area (Å²) in [5.41, 5.74) is 0. The molecule has 0 fully saturated rings. The molecule has 0 aromatic carbocycles. The van der Waals surface area contributed by atoms with Crippen molar-refractivity contribution in [3.63, 3.8) is 0 Å². The smallest absolute Gasteiger partial charge is 0.160 e. The van der Waals surface area contributed by atoms with E-state index in [1.54, 1.807) is 0 Å². The molecule has 1 nitrogen and oxygen atoms in total. The number of rotatable bonds is 3. The number of hydrogen-bond acceptors (Lipinski definition) is 0. The van der Waals surface area contributed by atoms with E-state index >= 15 is 0 Å². The second-order valence-electron chi connectivity index (χ2n) is 1.62. The Kier molecular flexibility index (Phi) is 3.90. The molecule has 0 saturated heterocycles. The third-order valence-electron chi connectivity index (χ3n) is 0.819. The van der Waals surface area contributed by atoms with Crippen molar-refractivity contribution in [3.05, 3.63) is 20.5 Å². The van der Waals surface area contributed by atoms with Crippen molar-refractivity contribution in [3.8, 4) is 0 Å². The Morgan fingerprint density at radius 2 is 2.43 bits per heavy atom. The van der Waals surface area contributed by atoms with Gasteiger partial charge in [-0.3, -0.25) is 0 Å². The zero-order chi connectivity index (χ0) is 5.70. The molecule has 42 valence electrons. The third kappa shape index (κ3) is 3.67. The summed E-state index contributed by atoms with van der Waals surface area (Å²) in [6, 6.07) is 0. The van der Waals surface area contributed by atoms with E-state index in [9.17, 15) is 0 Å². The van der Waals surface area contributed by atoms with Gasteiger partial charge in [-0.05, 0) is 6.92 Å². The van der Waals surface area contributed by atoms with Crippen molar-refractivity contribution in [1.29, 1.82) is 0 Å². The largest absolute Gasteiger partial charge is 0.578 e. The molecule has 0 amide bonds. The van der Waals surface area contributed by atoms with Gasteiger partial charge in [0.2, 0.25) is 0 Å². The zero-order valence-corrected chi connectivity index (χ0v) is 4.72. The maximum absolute atomic E-state index is 3.69. The van der Waals surface area contributed by atoms with Crippen LogP contribution in [-0.4, -0.2) is 11.3 Å². The maximum atomic E-state index is 3.69. The summed E-state index contributed by atoms with van der Waals surface area (Å²) in [5, 5.41) is 0. The number of ether oxygens (including phenoxy) is 1. The van der Waals surface area contributed by atoms with Gasteiger partial charge >= 0.3 is 0 Å². The van der Waals surface area contributed by atoms with Gasteiger partial charge in [-0.1, -0.05) is 13.5 Å². The van der Waals surface area contributed by atoms with Gasteiger partial charge in [0, 0.05) is 0 Å². The molecule has 0 aliphatic heterocycles. The Morgan fingerprint density at radius 1 is 1.86 bits per heavy atom. The van der Waals surface area contributed by atoms with E-state index in [-0.39, 0.29) is 0 Å². The quantitative estimate of drug-likeness (QED) is 0.370. The van der Waals surface area contributed by atoms with Gasteiger partial charge in [-0.15, -0.1) is 6.92 Å². The minimum Gasteiger partial charge on any atom is -0.578 e. The summed E-state index contributed by atoms with van der Waals surface area (Å²) in [4.78, 5) is 0. The highest BCUT2D eigenvalue weighted by Crippen LogP contribution is 1.95. The Hall–Kier alpha value is -0.170. The predicted molar refractivity (Wildman–Crippen MR) is 31.3 cm³/mol. The monoisotopic (exact) mass is 100 g/mol. The fraction of sp³-hybridized carbons (Fsp3) is 0.500. The van der Waals surface area contributed by atoms with Crippen LogP contribution in [0.2, 0.25) is 0 Å². The van der Waals surface area contributed by atoms with E-state index < -0.39 is 0 Å². The molecule has 0 unspecified atom stereocenters. The fourth-order valence-electron chi connectivity index (χ4n) is 0.278. The fourth-order valence-corrected chi connectivity index (χ4v) is 0.278. The van der Waals surface area contributed by atoms with E-state index in [0.29, 0.717) is 5.92 Å². The maximum Gasteiger partial charge on any atom is 0.160 e. The van der Waals surface area contributed by atoms with E-state index in [2.05, 4.69) is 25.7 Å². The van der Waals surface area contributed by atoms with Crippen LogP contribution < -0.4 is 0 Å². The van der Waals surface area contributed by atoms with E-state index in [1.807, 2.05) is 6.42 Å². The molecule has 0 aromatic rings. The molecule has 7 heavy (non-hydrogen) atoms. The van der Waals surface area contributed by atoms with Crippen LogP contribution in [0.5, 0.6) is 0 Å². The summed E-state index contributed by atoms with van der Waals surface area (Å²) < 4.78 is 3.69. The average Bonchev–Trinajstić information content (AvgIpc) is 1.68. The summed E-state index contributed by atoms with van der Waals surface area (Å²) in [6.07, 6.45) is 1.87. The minimum atomic E-state index is 0.484. The first kappa shape index (κ1) is 6.83. The molecule has 0 heterocycles. The molecule has 0 aliphatic carbocycles. The summed E-state index contributed by atoms with van der Waals surface area (Å²) >= 11 is 0. The first-order valence-corrected chi connectivity index (χ1v) is 2.36.